The van der Waals surface area contributed by atoms with E-state index in [9.17, 15) is 13.2 Å². The van der Waals surface area contributed by atoms with Gasteiger partial charge in [-0.15, -0.1) is 0 Å². The van der Waals surface area contributed by atoms with Gasteiger partial charge in [0.15, 0.2) is 0 Å². The Bertz CT molecular complexity index is 412. The van der Waals surface area contributed by atoms with Gasteiger partial charge in [0, 0.05) is 0 Å². The molecule has 1 heterocycles. The molecule has 2 N–H and O–H groups in total. The van der Waals surface area contributed by atoms with Gasteiger partial charge in [0.2, 0.25) is 15.9 Å². The molecule has 1 aromatic rings. The van der Waals surface area contributed by atoms with E-state index >= 15 is 0 Å². The summed E-state index contributed by atoms with van der Waals surface area (Å²) in [7, 11) is -3.70. The quantitative estimate of drug-likeness (QED) is 0.558. The second kappa shape index (κ2) is 2.12. The highest BCUT2D eigenvalue weighted by Crippen LogP contribution is 2.04. The maximum Gasteiger partial charge on any atom is 0.342 e. The number of imidazole rings is 1. The Balaban J connectivity index is 3.59. The van der Waals surface area contributed by atoms with Crippen molar-refractivity contribution in [1.29, 1.82) is 0 Å². The largest absolute Gasteiger partial charge is 0.493 e. The molecule has 1 rings (SSSR count). The molecule has 0 unspecified atom stereocenters. The molecule has 0 bridgehead atoms. The second-order valence-electron chi connectivity index (χ2n) is 1.98. The normalized spacial score (nSPS) is 11.7. The predicted octanol–water partition coefficient (Wildman–Crippen LogP) is -1.31. The smallest absolute Gasteiger partial charge is 0.342 e. The zero-order chi connectivity index (χ0) is 8.65. The topological polar surface area (TPSA) is 92.2 Å². The molecule has 11 heavy (non-hydrogen) atoms. The van der Waals surface area contributed by atoms with Crippen molar-refractivity contribution in [2.45, 2.75) is 0 Å². The number of aromatic amines is 1. The van der Waals surface area contributed by atoms with Crippen LogP contribution in [0.15, 0.2) is 11.0 Å². The van der Waals surface area contributed by atoms with Gasteiger partial charge in [-0.2, -0.15) is 3.97 Å². The number of nitrogens with one attached hydrogen (secondary N) is 1. The zero-order valence-electron chi connectivity index (χ0n) is 5.60. The van der Waals surface area contributed by atoms with E-state index in [0.717, 1.165) is 12.5 Å². The van der Waals surface area contributed by atoms with Crippen molar-refractivity contribution >= 4 is 10.0 Å². The number of rotatable bonds is 1. The molecule has 62 valence electrons. The minimum absolute atomic E-state index is 0.271. The maximum absolute atomic E-state index is 10.7. The molecular weight excluding hydrogens is 172 g/mol. The van der Waals surface area contributed by atoms with E-state index in [-0.39, 0.29) is 3.97 Å². The van der Waals surface area contributed by atoms with E-state index < -0.39 is 21.6 Å². The van der Waals surface area contributed by atoms with Gasteiger partial charge < -0.3 is 10.1 Å². The second-order valence-corrected chi connectivity index (χ2v) is 3.81. The van der Waals surface area contributed by atoms with Gasteiger partial charge in [-0.05, 0) is 0 Å². The molecular formula is C4H6N2O4S. The summed E-state index contributed by atoms with van der Waals surface area (Å²) in [6, 6.07) is 0. The number of aromatic hydroxyl groups is 1. The molecule has 0 saturated carbocycles. The van der Waals surface area contributed by atoms with Gasteiger partial charge in [-0.1, -0.05) is 0 Å². The van der Waals surface area contributed by atoms with Gasteiger partial charge in [-0.25, -0.2) is 13.2 Å². The SMILES string of the molecule is CS(=O)(=O)n1c(O)c[nH]c1=O. The van der Waals surface area contributed by atoms with Crippen LogP contribution in [-0.2, 0) is 10.0 Å². The Morgan fingerprint density at radius 2 is 2.18 bits per heavy atom. The van der Waals surface area contributed by atoms with Crippen LogP contribution in [0.4, 0.5) is 0 Å². The Labute approximate surface area is 62.2 Å². The monoisotopic (exact) mass is 178 g/mol. The van der Waals surface area contributed by atoms with E-state index in [4.69, 9.17) is 5.11 Å². The minimum Gasteiger partial charge on any atom is -0.493 e. The van der Waals surface area contributed by atoms with Gasteiger partial charge in [0.25, 0.3) is 0 Å². The van der Waals surface area contributed by atoms with E-state index in [1.165, 1.54) is 0 Å². The highest BCUT2D eigenvalue weighted by Gasteiger charge is 2.13. The molecule has 0 saturated heterocycles. The van der Waals surface area contributed by atoms with Crippen LogP contribution >= 0.6 is 0 Å². The van der Waals surface area contributed by atoms with Crippen LogP contribution in [0.1, 0.15) is 0 Å². The van der Waals surface area contributed by atoms with Crippen LogP contribution in [0.5, 0.6) is 5.88 Å². The molecule has 0 spiro atoms. The summed E-state index contributed by atoms with van der Waals surface area (Å²) in [5.74, 6) is -0.613. The van der Waals surface area contributed by atoms with Crippen molar-refractivity contribution < 1.29 is 13.5 Å². The van der Waals surface area contributed by atoms with Crippen LogP contribution < -0.4 is 5.69 Å². The van der Waals surface area contributed by atoms with Crippen molar-refractivity contribution in [2.24, 2.45) is 0 Å². The first-order valence-electron chi connectivity index (χ1n) is 2.63. The molecule has 0 aromatic carbocycles. The molecule has 0 radical (unpaired) electrons. The van der Waals surface area contributed by atoms with E-state index in [1.807, 2.05) is 4.98 Å². The third kappa shape index (κ3) is 1.27. The molecule has 0 aliphatic carbocycles. The summed E-state index contributed by atoms with van der Waals surface area (Å²) in [6.45, 7) is 0. The van der Waals surface area contributed by atoms with E-state index in [2.05, 4.69) is 0 Å². The van der Waals surface area contributed by atoms with Crippen molar-refractivity contribution in [3.05, 3.63) is 16.7 Å². The highest BCUT2D eigenvalue weighted by molar-refractivity contribution is 7.89. The average molecular weight is 178 g/mol. The summed E-state index contributed by atoms with van der Waals surface area (Å²) in [5.41, 5.74) is -0.870. The number of H-pyrrole nitrogens is 1. The fraction of sp³-hybridized carbons (Fsp3) is 0.250. The lowest BCUT2D eigenvalue weighted by atomic mass is 10.9. The summed E-state index contributed by atoms with van der Waals surface area (Å²) in [4.78, 5) is 12.7. The Morgan fingerprint density at radius 1 is 1.64 bits per heavy atom. The molecule has 6 nitrogen and oxygen atoms in total. The van der Waals surface area contributed by atoms with Crippen molar-refractivity contribution in [1.82, 2.24) is 8.96 Å². The van der Waals surface area contributed by atoms with E-state index in [0.29, 0.717) is 0 Å². The standard InChI is InChI=1S/C4H6N2O4S/c1-11(9,10)6-3(7)2-5-4(6)8/h2,7H,1H3,(H,5,8). The molecule has 7 heteroatoms. The lowest BCUT2D eigenvalue weighted by molar-refractivity contribution is 0.444. The molecule has 0 amide bonds. The summed E-state index contributed by atoms with van der Waals surface area (Å²) in [5, 5.41) is 8.82. The van der Waals surface area contributed by atoms with Crippen LogP contribution in [-0.4, -0.2) is 28.7 Å². The van der Waals surface area contributed by atoms with Crippen LogP contribution in [0.25, 0.3) is 0 Å². The van der Waals surface area contributed by atoms with Crippen molar-refractivity contribution in [2.75, 3.05) is 6.26 Å². The van der Waals surface area contributed by atoms with Gasteiger partial charge in [-0.3, -0.25) is 0 Å². The molecule has 0 fully saturated rings. The van der Waals surface area contributed by atoms with Crippen LogP contribution in [0.2, 0.25) is 0 Å². The average Bonchev–Trinajstić information content (AvgIpc) is 2.08. The Morgan fingerprint density at radius 3 is 2.36 bits per heavy atom. The molecule has 0 atom stereocenters. The summed E-state index contributed by atoms with van der Waals surface area (Å²) >= 11 is 0. The molecule has 0 aliphatic heterocycles. The van der Waals surface area contributed by atoms with Gasteiger partial charge >= 0.3 is 5.69 Å². The van der Waals surface area contributed by atoms with Crippen molar-refractivity contribution in [3.8, 4) is 5.88 Å². The van der Waals surface area contributed by atoms with Crippen LogP contribution in [0, 0.1) is 0 Å². The van der Waals surface area contributed by atoms with E-state index in [1.54, 1.807) is 0 Å². The lowest BCUT2D eigenvalue weighted by Gasteiger charge is -1.95. The van der Waals surface area contributed by atoms with Crippen molar-refractivity contribution in [3.63, 3.8) is 0 Å². The lowest BCUT2D eigenvalue weighted by Crippen LogP contribution is -2.23. The molecule has 0 aliphatic rings. The minimum atomic E-state index is -3.70. The maximum atomic E-state index is 10.7. The summed E-state index contributed by atoms with van der Waals surface area (Å²) < 4.78 is 21.7. The highest BCUT2D eigenvalue weighted by atomic mass is 32.2. The first-order chi connectivity index (χ1) is 4.93. The third-order valence-electron chi connectivity index (χ3n) is 1.05. The fourth-order valence-corrected chi connectivity index (χ4v) is 1.41. The first kappa shape index (κ1) is 7.86. The Hall–Kier alpha value is -1.24. The van der Waals surface area contributed by atoms with Gasteiger partial charge in [0.05, 0.1) is 12.5 Å². The number of nitrogens with zero attached hydrogens (tertiary/aromatic N) is 1. The number of hydrogen-bond donors (Lipinski definition) is 2. The summed E-state index contributed by atoms with van der Waals surface area (Å²) in [6.07, 6.45) is 1.73. The molecule has 1 aromatic heterocycles. The number of aromatic nitrogens is 2. The first-order valence-corrected chi connectivity index (χ1v) is 4.47. The third-order valence-corrected chi connectivity index (χ3v) is 2.07. The zero-order valence-corrected chi connectivity index (χ0v) is 6.42. The Kier molecular flexibility index (Phi) is 1.52. The predicted molar refractivity (Wildman–Crippen MR) is 37.0 cm³/mol. The van der Waals surface area contributed by atoms with Crippen LogP contribution in [0.3, 0.4) is 0 Å². The fourth-order valence-electron chi connectivity index (χ4n) is 0.668. The van der Waals surface area contributed by atoms with Gasteiger partial charge in [0.1, 0.15) is 0 Å². The number of hydrogen-bond acceptors (Lipinski definition) is 4.